The van der Waals surface area contributed by atoms with Crippen LogP contribution in [0.3, 0.4) is 0 Å². The highest BCUT2D eigenvalue weighted by Crippen LogP contribution is 2.55. The number of H-pyrrole nitrogens is 1. The van der Waals surface area contributed by atoms with Crippen LogP contribution in [0.5, 0.6) is 11.6 Å². The maximum absolute atomic E-state index is 14.9. The van der Waals surface area contributed by atoms with Gasteiger partial charge >= 0.3 is 0 Å². The van der Waals surface area contributed by atoms with Gasteiger partial charge in [0.2, 0.25) is 5.88 Å². The number of pyridine rings is 2. The Kier molecular flexibility index (Phi) is 16.4. The summed E-state index contributed by atoms with van der Waals surface area (Å²) >= 11 is 0. The lowest BCUT2D eigenvalue weighted by atomic mass is 9.59. The Bertz CT molecular complexity index is 3620. The quantitative estimate of drug-likeness (QED) is 0.0521. The van der Waals surface area contributed by atoms with Gasteiger partial charge in [0.1, 0.15) is 23.1 Å². The van der Waals surface area contributed by atoms with E-state index < -0.39 is 43.1 Å². The summed E-state index contributed by atoms with van der Waals surface area (Å²) in [7, 11) is -2.91. The second kappa shape index (κ2) is 24.2. The number of piperidine rings is 2. The van der Waals surface area contributed by atoms with Gasteiger partial charge in [0.15, 0.2) is 11.6 Å². The van der Waals surface area contributed by atoms with Crippen LogP contribution in [-0.2, 0) is 25.9 Å². The van der Waals surface area contributed by atoms with Gasteiger partial charge in [-0.3, -0.25) is 19.8 Å². The topological polar surface area (TPSA) is 230 Å². The summed E-state index contributed by atoms with van der Waals surface area (Å²) in [6.07, 6.45) is 14.2. The van der Waals surface area contributed by atoms with E-state index in [1.165, 1.54) is 28.8 Å². The molecule has 3 aromatic carbocycles. The van der Waals surface area contributed by atoms with Crippen molar-refractivity contribution >= 4 is 61.2 Å². The molecular formula is C66H82N10O10S. The molecule has 1 spiro atoms. The fourth-order valence-corrected chi connectivity index (χ4v) is 16.3. The Morgan fingerprint density at radius 1 is 0.897 bits per heavy atom. The van der Waals surface area contributed by atoms with Crippen molar-refractivity contribution < 1.29 is 42.2 Å². The van der Waals surface area contributed by atoms with Crippen molar-refractivity contribution in [1.82, 2.24) is 24.6 Å². The maximum Gasteiger partial charge on any atom is 0.293 e. The van der Waals surface area contributed by atoms with E-state index in [2.05, 4.69) is 85.0 Å². The Morgan fingerprint density at radius 2 is 1.69 bits per heavy atom. The molecule has 462 valence electrons. The molecule has 21 heteroatoms. The SMILES string of the molecule is COc1cc(C[C@@H]2CCN(C3CC4(CCN(c5ccc(C(=O)NS(=O)(=O)c6ccc(NC[C@H]7CC[C@](C)(O)CC7)c([N+](=O)[O-])c6)c(N6c7cc8cc[nH]c8nc7O[C@H]7COCC[C@@H]76)c5)CC4)C3)[C@@H](c3ccccc3C(C)C)C2)cnc1N1CCOCC1. The highest BCUT2D eigenvalue weighted by Gasteiger charge is 2.51. The lowest BCUT2D eigenvalue weighted by Crippen LogP contribution is -2.57. The second-order valence-electron chi connectivity index (χ2n) is 26.2. The van der Waals surface area contributed by atoms with Gasteiger partial charge in [0.25, 0.3) is 21.6 Å². The Balaban J connectivity index is 0.743. The molecule has 4 atom stereocenters. The summed E-state index contributed by atoms with van der Waals surface area (Å²) in [5.41, 5.74) is 6.12. The van der Waals surface area contributed by atoms with Gasteiger partial charge in [-0.15, -0.1) is 0 Å². The monoisotopic (exact) mass is 1210 g/mol. The molecule has 6 fully saturated rings. The lowest BCUT2D eigenvalue weighted by molar-refractivity contribution is -0.384. The number of benzene rings is 3. The molecule has 1 amide bonds. The van der Waals surface area contributed by atoms with Gasteiger partial charge < -0.3 is 49.1 Å². The average molecular weight is 1210 g/mol. The number of rotatable bonds is 16. The molecule has 3 aromatic heterocycles. The molecule has 4 N–H and O–H groups in total. The van der Waals surface area contributed by atoms with E-state index in [-0.39, 0.29) is 28.6 Å². The normalized spacial score (nSPS) is 25.1. The zero-order valence-electron chi connectivity index (χ0n) is 50.4. The molecule has 7 aliphatic rings. The number of nitro groups is 1. The molecule has 0 radical (unpaired) electrons. The number of anilines is 5. The second-order valence-corrected chi connectivity index (χ2v) is 27.9. The molecule has 2 saturated carbocycles. The number of amides is 1. The molecule has 5 aliphatic heterocycles. The van der Waals surface area contributed by atoms with Crippen LogP contribution >= 0.6 is 0 Å². The van der Waals surface area contributed by atoms with Crippen LogP contribution in [0.2, 0.25) is 0 Å². The van der Waals surface area contributed by atoms with Crippen LogP contribution in [0.4, 0.5) is 34.3 Å². The van der Waals surface area contributed by atoms with E-state index in [4.69, 9.17) is 28.9 Å². The van der Waals surface area contributed by atoms with Crippen molar-refractivity contribution in [2.24, 2.45) is 17.3 Å². The molecule has 4 saturated heterocycles. The van der Waals surface area contributed by atoms with Crippen LogP contribution in [-0.4, -0.2) is 141 Å². The number of aromatic amines is 1. The number of carbonyl (C=O) groups is 1. The number of methoxy groups -OCH3 is 1. The standard InChI is InChI=1S/C66H82N10O10S/c1-42(2)50-7-5-6-8-51(50)55-32-44(31-45-33-59(83-4)62(69-40-45)73-26-29-84-30-27-73)16-23-74(55)48-37-66(38-48)20-24-72(25-21-66)47-9-11-52(56(35-47)75-54-17-28-85-41-60(54)86-64-58(75)34-46-15-22-67-61(46)70-64)63(77)71-87(81,82)49-10-12-53(57(36-49)76(79)80)68-39-43-13-18-65(3,78)19-14-43/h5-12,15,22,33-36,40,42-44,48,54-55,60,68,78H,13-14,16-21,23-32,37-39,41H2,1-4H3,(H,67,70)(H,71,77)/t43-,44-,54-,55+,60-,65-/m0/s1. The van der Waals surface area contributed by atoms with Crippen LogP contribution in [0, 0.1) is 27.4 Å². The summed E-state index contributed by atoms with van der Waals surface area (Å²) < 4.78 is 55.1. The summed E-state index contributed by atoms with van der Waals surface area (Å²) in [5.74, 6) is 2.28. The molecular weight excluding hydrogens is 1120 g/mol. The molecule has 2 aliphatic carbocycles. The molecule has 87 heavy (non-hydrogen) atoms. The maximum atomic E-state index is 14.9. The van der Waals surface area contributed by atoms with Crippen molar-refractivity contribution in [3.8, 4) is 11.6 Å². The summed E-state index contributed by atoms with van der Waals surface area (Å²) in [6.45, 7) is 13.3. The van der Waals surface area contributed by atoms with Crippen molar-refractivity contribution in [3.63, 3.8) is 0 Å². The van der Waals surface area contributed by atoms with Gasteiger partial charge in [0, 0.05) is 80.9 Å². The van der Waals surface area contributed by atoms with Gasteiger partial charge in [-0.2, -0.15) is 4.98 Å². The van der Waals surface area contributed by atoms with Gasteiger partial charge in [-0.25, -0.2) is 18.1 Å². The fourth-order valence-electron chi connectivity index (χ4n) is 15.3. The average Bonchev–Trinajstić information content (AvgIpc) is 1.53. The van der Waals surface area contributed by atoms with Gasteiger partial charge in [0.05, 0.1) is 59.6 Å². The number of aromatic nitrogens is 3. The number of aliphatic hydroxyl groups is 1. The van der Waals surface area contributed by atoms with Crippen LogP contribution in [0.25, 0.3) is 11.0 Å². The van der Waals surface area contributed by atoms with E-state index in [0.717, 1.165) is 119 Å². The number of ether oxygens (including phenoxy) is 4. The number of nitrogens with zero attached hydrogens (tertiary/aromatic N) is 7. The number of fused-ring (bicyclic) bond motifs is 3. The van der Waals surface area contributed by atoms with E-state index in [9.17, 15) is 28.4 Å². The Morgan fingerprint density at radius 3 is 2.46 bits per heavy atom. The molecule has 6 aromatic rings. The third-order valence-corrected chi connectivity index (χ3v) is 21.6. The Hall–Kier alpha value is -7.04. The minimum absolute atomic E-state index is 0.111. The van der Waals surface area contributed by atoms with Gasteiger partial charge in [-0.05, 0) is 179 Å². The van der Waals surface area contributed by atoms with Crippen molar-refractivity contribution in [3.05, 3.63) is 124 Å². The fraction of sp³-hybridized carbons (Fsp3) is 0.530. The first kappa shape index (κ1) is 59.0. The summed E-state index contributed by atoms with van der Waals surface area (Å²) in [4.78, 5) is 49.0. The number of likely N-dealkylation sites (tertiary alicyclic amines) is 1. The van der Waals surface area contributed by atoms with E-state index in [0.29, 0.717) is 99.1 Å². The third kappa shape index (κ3) is 12.1. The lowest BCUT2D eigenvalue weighted by Gasteiger charge is -2.58. The summed E-state index contributed by atoms with van der Waals surface area (Å²) in [6, 6.07) is 25.0. The smallest absolute Gasteiger partial charge is 0.293 e. The van der Waals surface area contributed by atoms with Crippen molar-refractivity contribution in [2.45, 2.75) is 138 Å². The van der Waals surface area contributed by atoms with Crippen molar-refractivity contribution in [2.75, 3.05) is 92.8 Å². The first-order valence-electron chi connectivity index (χ1n) is 31.4. The first-order valence-corrected chi connectivity index (χ1v) is 32.9. The number of morpholine rings is 1. The largest absolute Gasteiger partial charge is 0.493 e. The zero-order chi connectivity index (χ0) is 60.2. The Labute approximate surface area is 509 Å². The van der Waals surface area contributed by atoms with Gasteiger partial charge in [-0.1, -0.05) is 38.1 Å². The molecule has 0 bridgehead atoms. The number of hydrogen-bond donors (Lipinski definition) is 4. The number of nitro benzene ring substituents is 1. The predicted octanol–water partition coefficient (Wildman–Crippen LogP) is 10.4. The van der Waals surface area contributed by atoms with E-state index >= 15 is 0 Å². The first-order chi connectivity index (χ1) is 42.0. The van der Waals surface area contributed by atoms with Crippen LogP contribution in [0.15, 0.2) is 96.2 Å². The molecule has 8 heterocycles. The number of sulfonamides is 1. The van der Waals surface area contributed by atoms with E-state index in [1.54, 1.807) is 13.2 Å². The number of nitrogens with one attached hydrogen (secondary N) is 3. The minimum Gasteiger partial charge on any atom is -0.493 e. The highest BCUT2D eigenvalue weighted by atomic mass is 32.2. The number of hydrogen-bond acceptors (Lipinski definition) is 17. The van der Waals surface area contributed by atoms with Crippen LogP contribution < -0.4 is 34.2 Å². The van der Waals surface area contributed by atoms with Crippen LogP contribution in [0.1, 0.15) is 130 Å². The minimum atomic E-state index is -4.65. The zero-order valence-corrected chi connectivity index (χ0v) is 51.2. The highest BCUT2D eigenvalue weighted by molar-refractivity contribution is 7.90. The third-order valence-electron chi connectivity index (χ3n) is 20.2. The molecule has 0 unspecified atom stereocenters. The summed E-state index contributed by atoms with van der Waals surface area (Å²) in [5, 5.41) is 26.9. The number of carbonyl (C=O) groups excluding carboxylic acids is 1. The van der Waals surface area contributed by atoms with Crippen molar-refractivity contribution in [1.29, 1.82) is 0 Å². The van der Waals surface area contributed by atoms with E-state index in [1.807, 2.05) is 37.4 Å². The molecule has 13 rings (SSSR count). The predicted molar refractivity (Wildman–Crippen MR) is 334 cm³/mol. The molecule has 20 nitrogen and oxygen atoms in total.